The van der Waals surface area contributed by atoms with Crippen molar-refractivity contribution in [2.75, 3.05) is 13.2 Å². The fourth-order valence-corrected chi connectivity index (χ4v) is 4.36. The van der Waals surface area contributed by atoms with E-state index in [1.807, 2.05) is 44.2 Å². The molecule has 3 aromatic rings. The summed E-state index contributed by atoms with van der Waals surface area (Å²) in [5.74, 6) is 0.675. The molecule has 33 heavy (non-hydrogen) atoms. The third-order valence-corrected chi connectivity index (χ3v) is 5.99. The van der Waals surface area contributed by atoms with Crippen molar-refractivity contribution in [1.82, 2.24) is 5.32 Å². The number of aliphatic imine (C=N–C) groups is 1. The van der Waals surface area contributed by atoms with E-state index in [1.165, 1.54) is 0 Å². The number of nitrogens with one attached hydrogen (secondary N) is 1. The molecule has 0 aromatic heterocycles. The summed E-state index contributed by atoms with van der Waals surface area (Å²) in [5, 5.41) is 5.17. The van der Waals surface area contributed by atoms with E-state index >= 15 is 0 Å². The molecule has 0 bridgehead atoms. The molecule has 1 fully saturated rings. The molecule has 1 heterocycles. The normalized spacial score (nSPS) is 15.8. The van der Waals surface area contributed by atoms with E-state index in [0.29, 0.717) is 34.5 Å². The molecule has 168 valence electrons. The van der Waals surface area contributed by atoms with Crippen molar-refractivity contribution >= 4 is 57.2 Å². The van der Waals surface area contributed by atoms with Gasteiger partial charge in [0.2, 0.25) is 0 Å². The second-order valence-corrected chi connectivity index (χ2v) is 8.46. The highest BCUT2D eigenvalue weighted by Gasteiger charge is 2.25. The van der Waals surface area contributed by atoms with Gasteiger partial charge in [0.05, 0.1) is 18.1 Å². The molecule has 1 N–H and O–H groups in total. The summed E-state index contributed by atoms with van der Waals surface area (Å²) in [7, 11) is 0. The van der Waals surface area contributed by atoms with Crippen LogP contribution in [0.4, 0.5) is 0 Å². The number of rotatable bonds is 6. The number of ether oxygens (including phenoxy) is 2. The van der Waals surface area contributed by atoms with E-state index in [-0.39, 0.29) is 11.1 Å². The second-order valence-electron chi connectivity index (χ2n) is 6.99. The van der Waals surface area contributed by atoms with E-state index < -0.39 is 5.91 Å². The van der Waals surface area contributed by atoms with Crippen LogP contribution in [-0.4, -0.2) is 30.2 Å². The van der Waals surface area contributed by atoms with Crippen LogP contribution >= 0.6 is 23.4 Å². The quantitative estimate of drug-likeness (QED) is 0.458. The average molecular weight is 481 g/mol. The van der Waals surface area contributed by atoms with Gasteiger partial charge in [-0.3, -0.25) is 9.59 Å². The number of hydrogen-bond acceptors (Lipinski definition) is 5. The van der Waals surface area contributed by atoms with Gasteiger partial charge in [0.25, 0.3) is 11.8 Å². The summed E-state index contributed by atoms with van der Waals surface area (Å²) in [6, 6.07) is 16.0. The SMILES string of the molecule is CCOc1ccc(/C=C2\SC(=NC(=O)c3ccc(Cl)cc3)NC2=O)c2c(OCC)cccc12. The van der Waals surface area contributed by atoms with Crippen molar-refractivity contribution in [2.24, 2.45) is 4.99 Å². The molecule has 8 heteroatoms. The smallest absolute Gasteiger partial charge is 0.279 e. The first-order valence-electron chi connectivity index (χ1n) is 10.4. The minimum atomic E-state index is -0.458. The molecule has 6 nitrogen and oxygen atoms in total. The molecule has 0 aliphatic carbocycles. The summed E-state index contributed by atoms with van der Waals surface area (Å²) in [4.78, 5) is 29.5. The van der Waals surface area contributed by atoms with Gasteiger partial charge in [-0.15, -0.1) is 0 Å². The van der Waals surface area contributed by atoms with Gasteiger partial charge in [-0.25, -0.2) is 0 Å². The molecule has 3 aromatic carbocycles. The Hall–Kier alpha value is -3.29. The standard InChI is InChI=1S/C25H21ClN2O4S/c1-3-31-19-13-10-16(22-18(19)6-5-7-20(22)32-4-2)14-21-24(30)28-25(33-21)27-23(29)15-8-11-17(26)12-9-15/h5-14H,3-4H2,1-2H3,(H,27,28,29,30)/b21-14-. The number of benzene rings is 3. The first kappa shape index (κ1) is 22.9. The molecule has 0 radical (unpaired) electrons. The zero-order valence-electron chi connectivity index (χ0n) is 18.1. The number of nitrogens with zero attached hydrogens (tertiary/aromatic N) is 1. The lowest BCUT2D eigenvalue weighted by molar-refractivity contribution is -0.115. The lowest BCUT2D eigenvalue weighted by Crippen LogP contribution is -2.20. The molecular formula is C25H21ClN2O4S. The molecule has 2 amide bonds. The van der Waals surface area contributed by atoms with Crippen LogP contribution in [0, 0.1) is 0 Å². The number of amidine groups is 1. The number of amides is 2. The van der Waals surface area contributed by atoms with Gasteiger partial charge in [0.15, 0.2) is 5.17 Å². The Kier molecular flexibility index (Phi) is 7.01. The lowest BCUT2D eigenvalue weighted by atomic mass is 10.0. The van der Waals surface area contributed by atoms with Gasteiger partial charge in [-0.1, -0.05) is 29.8 Å². The maximum Gasteiger partial charge on any atom is 0.279 e. The minimum absolute atomic E-state index is 0.228. The maximum atomic E-state index is 12.6. The predicted molar refractivity (Wildman–Crippen MR) is 133 cm³/mol. The zero-order valence-corrected chi connectivity index (χ0v) is 19.6. The van der Waals surface area contributed by atoms with Crippen LogP contribution in [0.15, 0.2) is 64.5 Å². The Labute approximate surface area is 200 Å². The average Bonchev–Trinajstić information content (AvgIpc) is 3.14. The van der Waals surface area contributed by atoms with Crippen LogP contribution in [0.3, 0.4) is 0 Å². The molecule has 1 aliphatic heterocycles. The number of carbonyl (C=O) groups is 2. The number of hydrogen-bond donors (Lipinski definition) is 1. The van der Waals surface area contributed by atoms with Crippen LogP contribution in [0.25, 0.3) is 16.8 Å². The van der Waals surface area contributed by atoms with E-state index in [1.54, 1.807) is 30.3 Å². The number of carbonyl (C=O) groups excluding carboxylic acids is 2. The third kappa shape index (κ3) is 5.05. The van der Waals surface area contributed by atoms with Crippen molar-refractivity contribution < 1.29 is 19.1 Å². The minimum Gasteiger partial charge on any atom is -0.493 e. The molecular weight excluding hydrogens is 460 g/mol. The van der Waals surface area contributed by atoms with Crippen molar-refractivity contribution in [2.45, 2.75) is 13.8 Å². The van der Waals surface area contributed by atoms with E-state index in [0.717, 1.165) is 33.8 Å². The summed E-state index contributed by atoms with van der Waals surface area (Å²) in [6.07, 6.45) is 1.77. The van der Waals surface area contributed by atoms with Gasteiger partial charge >= 0.3 is 0 Å². The fourth-order valence-electron chi connectivity index (χ4n) is 3.42. The highest BCUT2D eigenvalue weighted by molar-refractivity contribution is 8.18. The van der Waals surface area contributed by atoms with Gasteiger partial charge in [-0.05, 0) is 73.6 Å². The van der Waals surface area contributed by atoms with Gasteiger partial charge in [0, 0.05) is 21.4 Å². The Balaban J connectivity index is 1.69. The number of thioether (sulfide) groups is 1. The summed E-state index contributed by atoms with van der Waals surface area (Å²) in [5.41, 5.74) is 1.19. The first-order valence-corrected chi connectivity index (χ1v) is 11.6. The number of fused-ring (bicyclic) bond motifs is 1. The number of halogens is 1. The highest BCUT2D eigenvalue weighted by Crippen LogP contribution is 2.38. The Morgan fingerprint density at radius 3 is 2.48 bits per heavy atom. The van der Waals surface area contributed by atoms with Gasteiger partial charge in [-0.2, -0.15) is 4.99 Å². The van der Waals surface area contributed by atoms with Gasteiger partial charge < -0.3 is 14.8 Å². The van der Waals surface area contributed by atoms with Crippen LogP contribution in [0.2, 0.25) is 5.02 Å². The summed E-state index contributed by atoms with van der Waals surface area (Å²) >= 11 is 6.98. The maximum absolute atomic E-state index is 12.6. The fraction of sp³-hybridized carbons (Fsp3) is 0.160. The zero-order chi connectivity index (χ0) is 23.4. The third-order valence-electron chi connectivity index (χ3n) is 4.83. The topological polar surface area (TPSA) is 77.0 Å². The van der Waals surface area contributed by atoms with Crippen molar-refractivity contribution in [3.05, 3.63) is 75.7 Å². The van der Waals surface area contributed by atoms with Crippen LogP contribution in [0.5, 0.6) is 11.5 Å². The molecule has 0 atom stereocenters. The predicted octanol–water partition coefficient (Wildman–Crippen LogP) is 5.69. The van der Waals surface area contributed by atoms with Gasteiger partial charge in [0.1, 0.15) is 11.5 Å². The monoisotopic (exact) mass is 480 g/mol. The van der Waals surface area contributed by atoms with E-state index in [2.05, 4.69) is 10.3 Å². The highest BCUT2D eigenvalue weighted by atomic mass is 35.5. The Morgan fingerprint density at radius 2 is 1.76 bits per heavy atom. The van der Waals surface area contributed by atoms with E-state index in [4.69, 9.17) is 21.1 Å². The summed E-state index contributed by atoms with van der Waals surface area (Å²) in [6.45, 7) is 4.89. The molecule has 0 spiro atoms. The molecule has 1 aliphatic rings. The Morgan fingerprint density at radius 1 is 1.03 bits per heavy atom. The Bertz CT molecular complexity index is 1290. The second kappa shape index (κ2) is 10.1. The lowest BCUT2D eigenvalue weighted by Gasteiger charge is -2.14. The van der Waals surface area contributed by atoms with E-state index in [9.17, 15) is 9.59 Å². The largest absolute Gasteiger partial charge is 0.493 e. The van der Waals surface area contributed by atoms with Crippen LogP contribution in [-0.2, 0) is 4.79 Å². The summed E-state index contributed by atoms with van der Waals surface area (Å²) < 4.78 is 11.6. The molecule has 0 saturated carbocycles. The van der Waals surface area contributed by atoms with Crippen LogP contribution in [0.1, 0.15) is 29.8 Å². The van der Waals surface area contributed by atoms with Crippen molar-refractivity contribution in [1.29, 1.82) is 0 Å². The first-order chi connectivity index (χ1) is 16.0. The molecule has 4 rings (SSSR count). The van der Waals surface area contributed by atoms with Crippen molar-refractivity contribution in [3.63, 3.8) is 0 Å². The molecule has 1 saturated heterocycles. The van der Waals surface area contributed by atoms with Crippen molar-refractivity contribution in [3.8, 4) is 11.5 Å². The van der Waals surface area contributed by atoms with Crippen LogP contribution < -0.4 is 14.8 Å². The molecule has 0 unspecified atom stereocenters.